The van der Waals surface area contributed by atoms with Crippen molar-refractivity contribution in [3.8, 4) is 0 Å². The number of aliphatic carboxylic acids is 1. The Morgan fingerprint density at radius 3 is 2.41 bits per heavy atom. The maximum atomic E-state index is 10.6. The fraction of sp³-hybridized carbons (Fsp3) is 0.462. The summed E-state index contributed by atoms with van der Waals surface area (Å²) in [6, 6.07) is 7.80. The van der Waals surface area contributed by atoms with Crippen LogP contribution >= 0.6 is 0 Å². The Labute approximate surface area is 99.8 Å². The first-order valence-corrected chi connectivity index (χ1v) is 5.80. The molecule has 4 heteroatoms. The summed E-state index contributed by atoms with van der Waals surface area (Å²) in [6.45, 7) is 3.90. The van der Waals surface area contributed by atoms with Crippen LogP contribution in [0.4, 0.5) is 5.69 Å². The molecule has 3 rings (SSSR count). The molecule has 0 atom stereocenters. The summed E-state index contributed by atoms with van der Waals surface area (Å²) in [5.41, 5.74) is 2.44. The zero-order valence-electron chi connectivity index (χ0n) is 9.56. The monoisotopic (exact) mass is 233 g/mol. The molecular weight excluding hydrogens is 218 g/mol. The maximum absolute atomic E-state index is 10.6. The lowest BCUT2D eigenvalue weighted by atomic mass is 9.78. The van der Waals surface area contributed by atoms with Crippen molar-refractivity contribution in [2.45, 2.75) is 6.42 Å². The van der Waals surface area contributed by atoms with Crippen LogP contribution in [0.2, 0.25) is 0 Å². The van der Waals surface area contributed by atoms with Gasteiger partial charge in [-0.1, -0.05) is 12.1 Å². The van der Waals surface area contributed by atoms with Gasteiger partial charge in [-0.05, 0) is 17.7 Å². The Balaban J connectivity index is 1.63. The van der Waals surface area contributed by atoms with E-state index in [-0.39, 0.29) is 6.42 Å². The second kappa shape index (κ2) is 3.74. The van der Waals surface area contributed by atoms with Crippen LogP contribution in [0, 0.1) is 5.41 Å². The Hall–Kier alpha value is -1.55. The van der Waals surface area contributed by atoms with Crippen LogP contribution < -0.4 is 4.90 Å². The zero-order chi connectivity index (χ0) is 11.9. The van der Waals surface area contributed by atoms with Crippen molar-refractivity contribution in [2.24, 2.45) is 5.41 Å². The predicted molar refractivity (Wildman–Crippen MR) is 63.2 cm³/mol. The molecule has 1 N–H and O–H groups in total. The number of nitrogens with zero attached hydrogens (tertiary/aromatic N) is 1. The lowest BCUT2D eigenvalue weighted by Crippen LogP contribution is -2.66. The third-order valence-corrected chi connectivity index (χ3v) is 3.53. The molecule has 0 bridgehead atoms. The summed E-state index contributed by atoms with van der Waals surface area (Å²) < 4.78 is 5.24. The van der Waals surface area contributed by atoms with Crippen LogP contribution in [0.5, 0.6) is 0 Å². The van der Waals surface area contributed by atoms with E-state index >= 15 is 0 Å². The summed E-state index contributed by atoms with van der Waals surface area (Å²) in [5, 5.41) is 8.69. The molecule has 2 saturated heterocycles. The third-order valence-electron chi connectivity index (χ3n) is 3.53. The molecule has 2 heterocycles. The summed E-state index contributed by atoms with van der Waals surface area (Å²) in [5.74, 6) is -0.785. The maximum Gasteiger partial charge on any atom is 0.307 e. The average molecular weight is 233 g/mol. The molecule has 1 aromatic carbocycles. The molecule has 0 radical (unpaired) electrons. The van der Waals surface area contributed by atoms with Crippen LogP contribution in [0.3, 0.4) is 0 Å². The summed E-state index contributed by atoms with van der Waals surface area (Å²) >= 11 is 0. The number of carboxylic acids is 1. The first kappa shape index (κ1) is 10.6. The highest BCUT2D eigenvalue weighted by molar-refractivity contribution is 5.70. The molecule has 2 fully saturated rings. The number of ether oxygens (including phenoxy) is 1. The van der Waals surface area contributed by atoms with Crippen molar-refractivity contribution in [3.63, 3.8) is 0 Å². The highest BCUT2D eigenvalue weighted by Crippen LogP contribution is 2.40. The molecule has 4 nitrogen and oxygen atoms in total. The van der Waals surface area contributed by atoms with Crippen molar-refractivity contribution in [3.05, 3.63) is 29.8 Å². The third kappa shape index (κ3) is 1.89. The molecule has 90 valence electrons. The van der Waals surface area contributed by atoms with Gasteiger partial charge in [-0.2, -0.15) is 0 Å². The van der Waals surface area contributed by atoms with Gasteiger partial charge in [0.1, 0.15) is 0 Å². The number of benzene rings is 1. The number of anilines is 1. The van der Waals surface area contributed by atoms with E-state index in [1.165, 1.54) is 5.69 Å². The molecule has 0 amide bonds. The number of carbonyl (C=O) groups is 1. The zero-order valence-corrected chi connectivity index (χ0v) is 9.56. The molecule has 0 saturated carbocycles. The van der Waals surface area contributed by atoms with E-state index in [1.54, 1.807) is 0 Å². The van der Waals surface area contributed by atoms with E-state index in [0.717, 1.165) is 31.9 Å². The summed E-state index contributed by atoms with van der Waals surface area (Å²) in [6.07, 6.45) is 0.0953. The first-order valence-electron chi connectivity index (χ1n) is 5.80. The minimum absolute atomic E-state index is 0.0953. The predicted octanol–water partition coefficient (Wildman–Crippen LogP) is 1.15. The van der Waals surface area contributed by atoms with Crippen molar-refractivity contribution < 1.29 is 14.6 Å². The molecule has 1 aromatic rings. The quantitative estimate of drug-likeness (QED) is 0.851. The van der Waals surface area contributed by atoms with Crippen LogP contribution in [0.15, 0.2) is 24.3 Å². The van der Waals surface area contributed by atoms with Gasteiger partial charge in [0.15, 0.2) is 0 Å². The van der Waals surface area contributed by atoms with Gasteiger partial charge in [0.05, 0.1) is 25.0 Å². The van der Waals surface area contributed by atoms with E-state index in [4.69, 9.17) is 9.84 Å². The second-order valence-corrected chi connectivity index (χ2v) is 5.09. The summed E-state index contributed by atoms with van der Waals surface area (Å²) in [4.78, 5) is 12.9. The fourth-order valence-corrected chi connectivity index (χ4v) is 2.52. The van der Waals surface area contributed by atoms with Crippen molar-refractivity contribution in [1.29, 1.82) is 0 Å². The Bertz CT molecular complexity index is 428. The average Bonchev–Trinajstić information content (AvgIpc) is 2.15. The Kier molecular flexibility index (Phi) is 2.33. The normalized spacial score (nSPS) is 20.8. The topological polar surface area (TPSA) is 49.8 Å². The van der Waals surface area contributed by atoms with Crippen LogP contribution in [-0.4, -0.2) is 37.4 Å². The van der Waals surface area contributed by atoms with Crippen LogP contribution in [0.25, 0.3) is 0 Å². The smallest absolute Gasteiger partial charge is 0.307 e. The van der Waals surface area contributed by atoms with E-state index in [9.17, 15) is 4.79 Å². The number of hydrogen-bond donors (Lipinski definition) is 1. The number of hydrogen-bond acceptors (Lipinski definition) is 3. The van der Waals surface area contributed by atoms with Gasteiger partial charge in [-0.25, -0.2) is 0 Å². The molecule has 2 aliphatic heterocycles. The van der Waals surface area contributed by atoms with Crippen LogP contribution in [0.1, 0.15) is 5.56 Å². The minimum atomic E-state index is -0.785. The summed E-state index contributed by atoms with van der Waals surface area (Å²) in [7, 11) is 0. The lowest BCUT2D eigenvalue weighted by molar-refractivity contribution is -0.136. The second-order valence-electron chi connectivity index (χ2n) is 5.09. The lowest BCUT2D eigenvalue weighted by Gasteiger charge is -2.56. The Morgan fingerprint density at radius 1 is 1.29 bits per heavy atom. The van der Waals surface area contributed by atoms with Gasteiger partial charge in [0, 0.05) is 18.8 Å². The minimum Gasteiger partial charge on any atom is -0.481 e. The Morgan fingerprint density at radius 2 is 1.94 bits per heavy atom. The van der Waals surface area contributed by atoms with Crippen LogP contribution in [-0.2, 0) is 16.0 Å². The van der Waals surface area contributed by atoms with E-state index in [2.05, 4.69) is 4.90 Å². The fourth-order valence-electron chi connectivity index (χ4n) is 2.52. The highest BCUT2D eigenvalue weighted by Gasteiger charge is 2.48. The molecule has 17 heavy (non-hydrogen) atoms. The number of rotatable bonds is 3. The molecular formula is C13H15NO3. The van der Waals surface area contributed by atoms with Gasteiger partial charge in [0.25, 0.3) is 0 Å². The first-order chi connectivity index (χ1) is 8.17. The highest BCUT2D eigenvalue weighted by atomic mass is 16.5. The molecule has 0 aromatic heterocycles. The molecule has 2 aliphatic rings. The van der Waals surface area contributed by atoms with Gasteiger partial charge in [-0.3, -0.25) is 4.79 Å². The standard InChI is InChI=1S/C13H15NO3/c15-12(16)5-10-1-3-11(4-2-10)14-6-13(7-14)8-17-9-13/h1-4H,5-9H2,(H,15,16). The van der Waals surface area contributed by atoms with Gasteiger partial charge < -0.3 is 14.7 Å². The van der Waals surface area contributed by atoms with Gasteiger partial charge in [-0.15, -0.1) is 0 Å². The van der Waals surface area contributed by atoms with E-state index < -0.39 is 5.97 Å². The van der Waals surface area contributed by atoms with E-state index in [1.807, 2.05) is 24.3 Å². The van der Waals surface area contributed by atoms with Gasteiger partial charge >= 0.3 is 5.97 Å². The van der Waals surface area contributed by atoms with Gasteiger partial charge in [0.2, 0.25) is 0 Å². The molecule has 0 unspecified atom stereocenters. The SMILES string of the molecule is O=C(O)Cc1ccc(N2CC3(COC3)C2)cc1. The number of carboxylic acid groups (broad SMARTS) is 1. The van der Waals surface area contributed by atoms with Crippen molar-refractivity contribution in [1.82, 2.24) is 0 Å². The van der Waals surface area contributed by atoms with Crippen molar-refractivity contribution >= 4 is 11.7 Å². The van der Waals surface area contributed by atoms with Crippen molar-refractivity contribution in [2.75, 3.05) is 31.2 Å². The largest absolute Gasteiger partial charge is 0.481 e. The molecule has 1 spiro atoms. The van der Waals surface area contributed by atoms with E-state index in [0.29, 0.717) is 5.41 Å². The molecule has 0 aliphatic carbocycles.